The predicted molar refractivity (Wildman–Crippen MR) is 226 cm³/mol. The van der Waals surface area contributed by atoms with Crippen molar-refractivity contribution < 1.29 is 48.3 Å². The quantitative estimate of drug-likeness (QED) is 0.0947. The number of ether oxygens (including phenoxy) is 1. The Labute approximate surface area is 365 Å². The third kappa shape index (κ3) is 8.92. The summed E-state index contributed by atoms with van der Waals surface area (Å²) in [6.45, 7) is 4.15. The summed E-state index contributed by atoms with van der Waals surface area (Å²) in [6, 6.07) is 7.73. The molecule has 0 radical (unpaired) electrons. The number of halogens is 6. The van der Waals surface area contributed by atoms with E-state index in [0.717, 1.165) is 30.0 Å². The number of sulfone groups is 1. The molecule has 1 unspecified atom stereocenters. The normalized spacial score (nSPS) is 17.7. The summed E-state index contributed by atoms with van der Waals surface area (Å²) in [5.74, 6) is -6.14. The third-order valence-corrected chi connectivity index (χ3v) is 15.8. The van der Waals surface area contributed by atoms with Crippen molar-refractivity contribution in [3.8, 4) is 11.1 Å². The Hall–Kier alpha value is -4.66. The number of nitrogens with one attached hydrogen (secondary N) is 2. The van der Waals surface area contributed by atoms with E-state index in [4.69, 9.17) is 21.3 Å². The van der Waals surface area contributed by atoms with Gasteiger partial charge in [0.1, 0.15) is 35.7 Å². The minimum Gasteiger partial charge on any atom is -0.377 e. The maximum absolute atomic E-state index is 15.3. The van der Waals surface area contributed by atoms with E-state index in [-0.39, 0.29) is 83.7 Å². The van der Waals surface area contributed by atoms with E-state index in [1.165, 1.54) is 6.07 Å². The van der Waals surface area contributed by atoms with Crippen LogP contribution in [0.1, 0.15) is 98.6 Å². The summed E-state index contributed by atoms with van der Waals surface area (Å²) in [7, 11) is -7.37. The van der Waals surface area contributed by atoms with E-state index in [1.807, 2.05) is 0 Å². The molecule has 3 aliphatic rings. The molecule has 2 aromatic carbocycles. The molecule has 8 rings (SSSR count). The maximum Gasteiger partial charge on any atom is 0.290 e. The molecule has 2 fully saturated rings. The number of sulfonamides is 1. The zero-order valence-electron chi connectivity index (χ0n) is 34.7. The summed E-state index contributed by atoms with van der Waals surface area (Å²) >= 11 is 6.77. The van der Waals surface area contributed by atoms with Crippen LogP contribution < -0.4 is 10.0 Å². The number of nitrogens with zero attached hydrogens (tertiary/aromatic N) is 5. The van der Waals surface area contributed by atoms with Crippen LogP contribution >= 0.6 is 11.6 Å². The van der Waals surface area contributed by atoms with Crippen molar-refractivity contribution in [2.45, 2.75) is 106 Å². The molecule has 2 aliphatic carbocycles. The van der Waals surface area contributed by atoms with Crippen molar-refractivity contribution in [3.63, 3.8) is 0 Å². The molecule has 21 heteroatoms. The first-order valence-electron chi connectivity index (χ1n) is 20.4. The van der Waals surface area contributed by atoms with Gasteiger partial charge in [-0.3, -0.25) is 23.9 Å². The number of aryl methyl sites for hydroxylation is 1. The van der Waals surface area contributed by atoms with Crippen LogP contribution in [0.25, 0.3) is 22.0 Å². The molecule has 63 heavy (non-hydrogen) atoms. The summed E-state index contributed by atoms with van der Waals surface area (Å²) < 4.78 is 136. The molecule has 2 atom stereocenters. The van der Waals surface area contributed by atoms with Crippen LogP contribution in [-0.2, 0) is 61.1 Å². The molecule has 13 nitrogen and oxygen atoms in total. The molecule has 3 aromatic heterocycles. The van der Waals surface area contributed by atoms with Gasteiger partial charge in [0.05, 0.1) is 63.2 Å². The van der Waals surface area contributed by atoms with E-state index in [9.17, 15) is 34.8 Å². The van der Waals surface area contributed by atoms with Crippen LogP contribution in [0.4, 0.5) is 27.8 Å². The van der Waals surface area contributed by atoms with Crippen LogP contribution in [0.2, 0.25) is 5.02 Å². The number of alkyl halides is 3. The average Bonchev–Trinajstić information content (AvgIpc) is 3.78. The molecule has 1 aliphatic heterocycles. The second-order valence-corrected chi connectivity index (χ2v) is 22.2. The fraction of sp³-hybridized carbons (Fsp3) is 0.476. The lowest BCUT2D eigenvalue weighted by Crippen LogP contribution is -2.36. The van der Waals surface area contributed by atoms with Gasteiger partial charge >= 0.3 is 0 Å². The van der Waals surface area contributed by atoms with Crippen LogP contribution in [0.15, 0.2) is 42.5 Å². The van der Waals surface area contributed by atoms with Gasteiger partial charge < -0.3 is 10.1 Å². The number of amides is 1. The zero-order chi connectivity index (χ0) is 45.4. The number of anilines is 1. The van der Waals surface area contributed by atoms with Gasteiger partial charge in [0, 0.05) is 34.9 Å². The van der Waals surface area contributed by atoms with E-state index < -0.39 is 84.2 Å². The van der Waals surface area contributed by atoms with Crippen LogP contribution in [0.5, 0.6) is 0 Å². The van der Waals surface area contributed by atoms with E-state index in [2.05, 4.69) is 20.2 Å². The molecule has 5 aromatic rings. The molecule has 0 spiro atoms. The molecule has 1 saturated carbocycles. The van der Waals surface area contributed by atoms with Crippen LogP contribution in [0.3, 0.4) is 0 Å². The molecule has 0 bridgehead atoms. The van der Waals surface area contributed by atoms with Gasteiger partial charge in [-0.25, -0.2) is 30.0 Å². The highest BCUT2D eigenvalue weighted by molar-refractivity contribution is 7.93. The van der Waals surface area contributed by atoms with Crippen molar-refractivity contribution in [1.82, 2.24) is 29.9 Å². The lowest BCUT2D eigenvalue weighted by molar-refractivity contribution is -0.122. The molecule has 338 valence electrons. The van der Waals surface area contributed by atoms with E-state index in [1.54, 1.807) is 36.7 Å². The fourth-order valence-electron chi connectivity index (χ4n) is 8.45. The lowest BCUT2D eigenvalue weighted by Gasteiger charge is -2.28. The third-order valence-electron chi connectivity index (χ3n) is 11.9. The van der Waals surface area contributed by atoms with Crippen molar-refractivity contribution in [1.29, 1.82) is 0 Å². The number of carbonyl (C=O) groups excluding carboxylic acids is 1. The van der Waals surface area contributed by atoms with Gasteiger partial charge in [-0.05, 0) is 89.1 Å². The first kappa shape index (κ1) is 44.9. The second-order valence-electron chi connectivity index (χ2n) is 17.2. The van der Waals surface area contributed by atoms with E-state index in [0.29, 0.717) is 41.2 Å². The molecule has 4 heterocycles. The Morgan fingerprint density at radius 3 is 2.32 bits per heavy atom. The Morgan fingerprint density at radius 2 is 1.70 bits per heavy atom. The van der Waals surface area contributed by atoms with Crippen LogP contribution in [-0.4, -0.2) is 76.8 Å². The maximum atomic E-state index is 15.3. The number of fused-ring (bicyclic) bond motifs is 2. The molecular weight excluding hydrogens is 893 g/mol. The van der Waals surface area contributed by atoms with Crippen molar-refractivity contribution in [3.05, 3.63) is 93.0 Å². The van der Waals surface area contributed by atoms with Gasteiger partial charge in [0.15, 0.2) is 15.7 Å². The number of aromatic nitrogens is 5. The summed E-state index contributed by atoms with van der Waals surface area (Å²) in [5, 5.41) is 11.5. The highest BCUT2D eigenvalue weighted by Gasteiger charge is 2.47. The summed E-state index contributed by atoms with van der Waals surface area (Å²) in [4.78, 5) is 19.2. The highest BCUT2D eigenvalue weighted by Crippen LogP contribution is 2.46. The number of carbonyl (C=O) groups is 1. The monoisotopic (exact) mass is 937 g/mol. The van der Waals surface area contributed by atoms with Gasteiger partial charge in [-0.15, -0.1) is 0 Å². The minimum atomic E-state index is -3.87. The van der Waals surface area contributed by atoms with Gasteiger partial charge in [-0.2, -0.15) is 19.0 Å². The average molecular weight is 938 g/mol. The first-order chi connectivity index (χ1) is 29.5. The number of pyridine rings is 1. The number of benzene rings is 2. The molecule has 1 saturated heterocycles. The Morgan fingerprint density at radius 1 is 1.02 bits per heavy atom. The predicted octanol–water partition coefficient (Wildman–Crippen LogP) is 7.63. The molecule has 1 amide bonds. The second kappa shape index (κ2) is 16.4. The van der Waals surface area contributed by atoms with Crippen molar-refractivity contribution in [2.24, 2.45) is 0 Å². The Balaban J connectivity index is 1.29. The summed E-state index contributed by atoms with van der Waals surface area (Å²) in [5.41, 5.74) is 0.967. The topological polar surface area (TPSA) is 167 Å². The molecular formula is C42H45ClF5N7O6S2. The first-order valence-corrected chi connectivity index (χ1v) is 24.2. The van der Waals surface area contributed by atoms with Crippen LogP contribution in [0, 0.1) is 11.6 Å². The number of hydrogen-bond donors (Lipinski definition) is 2. The standard InChI is InChI=1S/C42H45ClF5N7O6S2/c1-22(44)36-31-12-14-42(47,48)39(31)54(51-36)19-34(56)50-33(17-23-15-24(45)18-25(46)16-23)37-29(8-5-26(49-37)11-13-41(2,3)63(59,60)28-6-7-28)30-9-10-32(43)35-38(30)55(27-20-61-21-27)52-40(35)53-62(4,57)58/h5,8-10,15-16,18,22,27-28,33H,6-7,11-14,17,19-21H2,1-4H3,(H,50,56)(H,52,53)/t22?,33-/m0/s1. The summed E-state index contributed by atoms with van der Waals surface area (Å²) in [6.07, 6.45) is -0.282. The number of rotatable bonds is 16. The van der Waals surface area contributed by atoms with Gasteiger partial charge in [0.25, 0.3) is 5.92 Å². The highest BCUT2D eigenvalue weighted by atomic mass is 35.5. The molecule has 2 N–H and O–H groups in total. The Bertz CT molecular complexity index is 2840. The minimum absolute atomic E-state index is 0.0304. The van der Waals surface area contributed by atoms with Gasteiger partial charge in [-0.1, -0.05) is 23.7 Å². The fourth-order valence-corrected chi connectivity index (χ4v) is 11.2. The SMILES string of the molecule is CC(F)c1nn(CC(=O)N[C@@H](Cc2cc(F)cc(F)c2)c2nc(CCC(C)(C)S(=O)(=O)C3CC3)ccc2-c2ccc(Cl)c3c(NS(C)(=O)=O)nn(C4COC4)c23)c2c1CCC2(F)F. The lowest BCUT2D eigenvalue weighted by atomic mass is 9.93. The zero-order valence-corrected chi connectivity index (χ0v) is 37.1. The largest absolute Gasteiger partial charge is 0.377 e. The van der Waals surface area contributed by atoms with Gasteiger partial charge in [0.2, 0.25) is 15.9 Å². The smallest absolute Gasteiger partial charge is 0.290 e. The van der Waals surface area contributed by atoms with E-state index >= 15 is 8.78 Å². The number of hydrogen-bond acceptors (Lipinski definition) is 9. The Kier molecular flexibility index (Phi) is 11.7. The van der Waals surface area contributed by atoms with Crippen molar-refractivity contribution in [2.75, 3.05) is 24.2 Å². The van der Waals surface area contributed by atoms with Crippen molar-refractivity contribution >= 4 is 54.1 Å².